The molecule has 0 aliphatic carbocycles. The van der Waals surface area contributed by atoms with Gasteiger partial charge < -0.3 is 14.2 Å². The van der Waals surface area contributed by atoms with Crippen LogP contribution in [0.2, 0.25) is 0 Å². The Morgan fingerprint density at radius 1 is 1.22 bits per heavy atom. The number of rotatable bonds is 10. The SMILES string of the molecule is CCCCCOc1ccc(/C=c2\sc3n(c2=O)[C@H](c2cccs2)C(C(=O)OC(C)C)=C(C)N=3)cc1OC. The van der Waals surface area contributed by atoms with Crippen molar-refractivity contribution < 1.29 is 19.0 Å². The maximum absolute atomic E-state index is 13.7. The second-order valence-electron chi connectivity index (χ2n) is 9.02. The Morgan fingerprint density at radius 3 is 2.70 bits per heavy atom. The van der Waals surface area contributed by atoms with E-state index in [2.05, 4.69) is 11.9 Å². The fourth-order valence-corrected chi connectivity index (χ4v) is 6.03. The fraction of sp³-hybridized carbons (Fsp3) is 0.393. The Kier molecular flexibility index (Phi) is 8.66. The molecule has 0 saturated carbocycles. The number of carbonyl (C=O) groups excluding carboxylic acids is 1. The van der Waals surface area contributed by atoms with Gasteiger partial charge in [0, 0.05) is 4.88 Å². The lowest BCUT2D eigenvalue weighted by Gasteiger charge is -2.24. The molecule has 0 N–H and O–H groups in total. The highest BCUT2D eigenvalue weighted by molar-refractivity contribution is 7.10. The highest BCUT2D eigenvalue weighted by Gasteiger charge is 2.34. The molecule has 37 heavy (non-hydrogen) atoms. The molecule has 1 aliphatic rings. The highest BCUT2D eigenvalue weighted by Crippen LogP contribution is 2.33. The number of thiazole rings is 1. The third-order valence-electron chi connectivity index (χ3n) is 5.89. The molecule has 0 radical (unpaired) electrons. The summed E-state index contributed by atoms with van der Waals surface area (Å²) >= 11 is 2.79. The van der Waals surface area contributed by atoms with Crippen LogP contribution < -0.4 is 24.4 Å². The predicted molar refractivity (Wildman–Crippen MR) is 147 cm³/mol. The lowest BCUT2D eigenvalue weighted by molar-refractivity contribution is -0.143. The Hall–Kier alpha value is -3.17. The molecule has 0 saturated heterocycles. The third-order valence-corrected chi connectivity index (χ3v) is 7.80. The Labute approximate surface area is 224 Å². The molecule has 3 aromatic rings. The van der Waals surface area contributed by atoms with Crippen LogP contribution in [0.5, 0.6) is 11.5 Å². The molecule has 0 unspecified atom stereocenters. The van der Waals surface area contributed by atoms with Gasteiger partial charge >= 0.3 is 5.97 Å². The lowest BCUT2D eigenvalue weighted by atomic mass is 10.0. The van der Waals surface area contributed by atoms with Crippen LogP contribution in [0.25, 0.3) is 6.08 Å². The van der Waals surface area contributed by atoms with E-state index in [1.807, 2.05) is 41.8 Å². The van der Waals surface area contributed by atoms with E-state index in [9.17, 15) is 9.59 Å². The van der Waals surface area contributed by atoms with Gasteiger partial charge in [0.15, 0.2) is 16.3 Å². The fourth-order valence-electron chi connectivity index (χ4n) is 4.16. The number of esters is 1. The summed E-state index contributed by atoms with van der Waals surface area (Å²) in [5, 5.41) is 1.93. The highest BCUT2D eigenvalue weighted by atomic mass is 32.1. The maximum Gasteiger partial charge on any atom is 0.338 e. The summed E-state index contributed by atoms with van der Waals surface area (Å²) in [5.41, 5.74) is 1.55. The first-order valence-electron chi connectivity index (χ1n) is 12.4. The van der Waals surface area contributed by atoms with Crippen molar-refractivity contribution in [3.8, 4) is 11.5 Å². The minimum absolute atomic E-state index is 0.205. The summed E-state index contributed by atoms with van der Waals surface area (Å²) in [5.74, 6) is 0.839. The van der Waals surface area contributed by atoms with Crippen molar-refractivity contribution in [3.05, 3.63) is 77.1 Å². The third kappa shape index (κ3) is 5.88. The number of unbranched alkanes of at least 4 members (excludes halogenated alkanes) is 2. The van der Waals surface area contributed by atoms with Gasteiger partial charge in [0.1, 0.15) is 6.04 Å². The van der Waals surface area contributed by atoms with Gasteiger partial charge in [-0.1, -0.05) is 43.2 Å². The van der Waals surface area contributed by atoms with E-state index in [-0.39, 0.29) is 11.7 Å². The first kappa shape index (κ1) is 26.9. The van der Waals surface area contributed by atoms with E-state index in [0.717, 1.165) is 29.7 Å². The van der Waals surface area contributed by atoms with Crippen molar-refractivity contribution in [3.63, 3.8) is 0 Å². The molecule has 1 aliphatic heterocycles. The number of carbonyl (C=O) groups is 1. The minimum atomic E-state index is -0.585. The van der Waals surface area contributed by atoms with Gasteiger partial charge in [0.2, 0.25) is 0 Å². The molecule has 7 nitrogen and oxygen atoms in total. The number of aromatic nitrogens is 1. The molecule has 0 amide bonds. The quantitative estimate of drug-likeness (QED) is 0.272. The van der Waals surface area contributed by atoms with Crippen LogP contribution in [0.4, 0.5) is 0 Å². The Bertz CT molecular complexity index is 1460. The van der Waals surface area contributed by atoms with Gasteiger partial charge in [-0.05, 0) is 62.4 Å². The van der Waals surface area contributed by atoms with Crippen molar-refractivity contribution >= 4 is 34.7 Å². The molecule has 196 valence electrons. The van der Waals surface area contributed by atoms with Crippen LogP contribution in [-0.2, 0) is 9.53 Å². The Morgan fingerprint density at radius 2 is 2.03 bits per heavy atom. The largest absolute Gasteiger partial charge is 0.493 e. The van der Waals surface area contributed by atoms with Crippen LogP contribution in [0.15, 0.2) is 56.8 Å². The summed E-state index contributed by atoms with van der Waals surface area (Å²) in [6.45, 7) is 8.18. The van der Waals surface area contributed by atoms with Crippen molar-refractivity contribution in [1.82, 2.24) is 4.57 Å². The summed E-state index contributed by atoms with van der Waals surface area (Å²) in [6, 6.07) is 8.89. The molecule has 1 aromatic carbocycles. The molecular weight excluding hydrogens is 508 g/mol. The molecule has 0 bridgehead atoms. The number of methoxy groups -OCH3 is 1. The Balaban J connectivity index is 1.75. The predicted octanol–water partition coefficient (Wildman–Crippen LogP) is 4.83. The molecular formula is C28H32N2O5S2. The lowest BCUT2D eigenvalue weighted by Crippen LogP contribution is -2.39. The van der Waals surface area contributed by atoms with Crippen LogP contribution in [0, 0.1) is 0 Å². The average Bonchev–Trinajstić information content (AvgIpc) is 3.49. The van der Waals surface area contributed by atoms with Gasteiger partial charge in [-0.2, -0.15) is 0 Å². The number of hydrogen-bond donors (Lipinski definition) is 0. The monoisotopic (exact) mass is 540 g/mol. The van der Waals surface area contributed by atoms with E-state index in [0.29, 0.717) is 38.7 Å². The summed E-state index contributed by atoms with van der Waals surface area (Å²) in [7, 11) is 1.60. The van der Waals surface area contributed by atoms with Crippen molar-refractivity contribution in [2.45, 2.75) is 59.1 Å². The van der Waals surface area contributed by atoms with Gasteiger partial charge in [0.05, 0.1) is 35.6 Å². The van der Waals surface area contributed by atoms with Gasteiger partial charge in [-0.15, -0.1) is 11.3 Å². The van der Waals surface area contributed by atoms with Gasteiger partial charge in [0.25, 0.3) is 5.56 Å². The molecule has 4 rings (SSSR count). The van der Waals surface area contributed by atoms with Crippen molar-refractivity contribution in [2.75, 3.05) is 13.7 Å². The first-order chi connectivity index (χ1) is 17.8. The molecule has 2 aromatic heterocycles. The number of benzene rings is 1. The molecule has 9 heteroatoms. The number of thiophene rings is 1. The minimum Gasteiger partial charge on any atom is -0.493 e. The second-order valence-corrected chi connectivity index (χ2v) is 11.0. The van der Waals surface area contributed by atoms with Crippen molar-refractivity contribution in [2.24, 2.45) is 4.99 Å². The average molecular weight is 541 g/mol. The number of allylic oxidation sites excluding steroid dienone is 1. The topological polar surface area (TPSA) is 79.1 Å². The van der Waals surface area contributed by atoms with Crippen LogP contribution >= 0.6 is 22.7 Å². The first-order valence-corrected chi connectivity index (χ1v) is 14.1. The van der Waals surface area contributed by atoms with Gasteiger partial charge in [-0.25, -0.2) is 9.79 Å². The molecule has 0 spiro atoms. The van der Waals surface area contributed by atoms with Crippen LogP contribution in [-0.4, -0.2) is 30.4 Å². The molecule has 3 heterocycles. The smallest absolute Gasteiger partial charge is 0.338 e. The number of hydrogen-bond acceptors (Lipinski definition) is 8. The van der Waals surface area contributed by atoms with E-state index in [4.69, 9.17) is 14.2 Å². The normalized spacial score (nSPS) is 15.5. The van der Waals surface area contributed by atoms with E-state index < -0.39 is 12.0 Å². The second kappa shape index (κ2) is 11.9. The molecule has 1 atom stereocenters. The summed E-state index contributed by atoms with van der Waals surface area (Å²) < 4.78 is 19.1. The van der Waals surface area contributed by atoms with Gasteiger partial charge in [-0.3, -0.25) is 9.36 Å². The number of fused-ring (bicyclic) bond motifs is 1. The van der Waals surface area contributed by atoms with Crippen molar-refractivity contribution in [1.29, 1.82) is 0 Å². The van der Waals surface area contributed by atoms with E-state index >= 15 is 0 Å². The summed E-state index contributed by atoms with van der Waals surface area (Å²) in [6.07, 6.45) is 4.77. The zero-order valence-electron chi connectivity index (χ0n) is 21.8. The zero-order valence-corrected chi connectivity index (χ0v) is 23.4. The maximum atomic E-state index is 13.7. The van der Waals surface area contributed by atoms with Crippen LogP contribution in [0.3, 0.4) is 0 Å². The number of ether oxygens (including phenoxy) is 3. The summed E-state index contributed by atoms with van der Waals surface area (Å²) in [4.78, 5) is 32.8. The molecule has 0 fully saturated rings. The standard InChI is InChI=1S/C28H32N2O5S2/c1-6-7-8-13-34-20-12-11-19(15-21(20)33-5)16-23-26(31)30-25(22-10-9-14-36-22)24(27(32)35-17(2)3)18(4)29-28(30)37-23/h9-12,14-17,25H,6-8,13H2,1-5H3/b23-16-/t25-/m1/s1. The van der Waals surface area contributed by atoms with E-state index in [1.165, 1.54) is 22.7 Å². The zero-order chi connectivity index (χ0) is 26.5. The van der Waals surface area contributed by atoms with Crippen LogP contribution in [0.1, 0.15) is 63.4 Å². The van der Waals surface area contributed by atoms with E-state index in [1.54, 1.807) is 32.4 Å². The number of nitrogens with zero attached hydrogens (tertiary/aromatic N) is 2.